The highest BCUT2D eigenvalue weighted by molar-refractivity contribution is 6.43. The topological polar surface area (TPSA) is 118 Å². The minimum Gasteiger partial charge on any atom is -0.383 e. The fourth-order valence-electron chi connectivity index (χ4n) is 4.95. The molecule has 0 bridgehead atoms. The van der Waals surface area contributed by atoms with Gasteiger partial charge >= 0.3 is 0 Å². The highest BCUT2D eigenvalue weighted by Crippen LogP contribution is 2.50. The van der Waals surface area contributed by atoms with Crippen molar-refractivity contribution >= 4 is 35.0 Å². The number of nitriles is 1. The van der Waals surface area contributed by atoms with Crippen LogP contribution in [-0.2, 0) is 6.42 Å². The van der Waals surface area contributed by atoms with Gasteiger partial charge in [-0.25, -0.2) is 4.98 Å². The quantitative estimate of drug-likeness (QED) is 0.583. The van der Waals surface area contributed by atoms with Gasteiger partial charge in [-0.1, -0.05) is 41.4 Å². The van der Waals surface area contributed by atoms with Crippen molar-refractivity contribution in [3.63, 3.8) is 0 Å². The summed E-state index contributed by atoms with van der Waals surface area (Å²) in [6.45, 7) is 1.45. The van der Waals surface area contributed by atoms with Crippen LogP contribution in [0, 0.1) is 16.7 Å². The Morgan fingerprint density at radius 1 is 1.12 bits per heavy atom. The molecule has 1 aliphatic heterocycles. The van der Waals surface area contributed by atoms with Gasteiger partial charge in [-0.3, -0.25) is 4.98 Å². The van der Waals surface area contributed by atoms with E-state index in [9.17, 15) is 5.26 Å². The molecule has 1 atom stereocenters. The average molecular weight is 466 g/mol. The molecule has 0 saturated carbocycles. The normalized spacial score (nSPS) is 19.1. The first kappa shape index (κ1) is 21.0. The lowest BCUT2D eigenvalue weighted by Crippen LogP contribution is -2.45. The number of halogens is 2. The lowest BCUT2D eigenvalue weighted by atomic mass is 9.73. The molecule has 0 radical (unpaired) electrons. The SMILES string of the molecule is N#Cc1nc(N2CCC3(CC2)Cc2ncccc2[C@H]3N)nc(N)c1-c1cccc(Cl)c1Cl. The van der Waals surface area contributed by atoms with Crippen molar-refractivity contribution in [3.05, 3.63) is 63.5 Å². The number of anilines is 2. The number of fused-ring (bicyclic) bond motifs is 1. The number of nitrogens with two attached hydrogens (primary N) is 2. The van der Waals surface area contributed by atoms with Gasteiger partial charge in [-0.2, -0.15) is 10.2 Å². The molecule has 2 aliphatic rings. The Morgan fingerprint density at radius 2 is 1.91 bits per heavy atom. The van der Waals surface area contributed by atoms with E-state index < -0.39 is 0 Å². The molecule has 1 saturated heterocycles. The monoisotopic (exact) mass is 465 g/mol. The first-order chi connectivity index (χ1) is 15.4. The second-order valence-corrected chi connectivity index (χ2v) is 9.17. The van der Waals surface area contributed by atoms with Gasteiger partial charge in [-0.15, -0.1) is 0 Å². The van der Waals surface area contributed by atoms with Crippen LogP contribution >= 0.6 is 23.2 Å². The summed E-state index contributed by atoms with van der Waals surface area (Å²) in [5.74, 6) is 0.642. The van der Waals surface area contributed by atoms with E-state index >= 15 is 0 Å². The van der Waals surface area contributed by atoms with Crippen LogP contribution in [-0.4, -0.2) is 28.0 Å². The van der Waals surface area contributed by atoms with Gasteiger partial charge in [0.05, 0.1) is 15.6 Å². The summed E-state index contributed by atoms with van der Waals surface area (Å²) in [7, 11) is 0. The van der Waals surface area contributed by atoms with Gasteiger partial charge in [0.15, 0.2) is 5.69 Å². The summed E-state index contributed by atoms with van der Waals surface area (Å²) in [5, 5.41) is 10.5. The molecule has 3 aromatic rings. The molecule has 1 aliphatic carbocycles. The Morgan fingerprint density at radius 3 is 2.62 bits per heavy atom. The lowest BCUT2D eigenvalue weighted by molar-refractivity contribution is 0.186. The largest absolute Gasteiger partial charge is 0.383 e. The van der Waals surface area contributed by atoms with Crippen LogP contribution in [0.25, 0.3) is 11.1 Å². The molecule has 2 aromatic heterocycles. The van der Waals surface area contributed by atoms with Crippen molar-refractivity contribution in [1.29, 1.82) is 5.26 Å². The van der Waals surface area contributed by atoms with Gasteiger partial charge in [0.2, 0.25) is 5.95 Å². The van der Waals surface area contributed by atoms with Crippen LogP contribution in [0.2, 0.25) is 10.0 Å². The summed E-state index contributed by atoms with van der Waals surface area (Å²) >= 11 is 12.5. The van der Waals surface area contributed by atoms with E-state index in [1.54, 1.807) is 18.2 Å². The number of hydrogen-bond acceptors (Lipinski definition) is 7. The number of aromatic nitrogens is 3. The summed E-state index contributed by atoms with van der Waals surface area (Å²) in [5.41, 5.74) is 16.3. The van der Waals surface area contributed by atoms with Crippen molar-refractivity contribution in [2.45, 2.75) is 25.3 Å². The van der Waals surface area contributed by atoms with Gasteiger partial charge in [-0.05, 0) is 42.4 Å². The third-order valence-electron chi connectivity index (χ3n) is 6.73. The van der Waals surface area contributed by atoms with Crippen LogP contribution in [0.3, 0.4) is 0 Å². The zero-order valence-electron chi connectivity index (χ0n) is 17.2. The number of rotatable bonds is 2. The predicted octanol–water partition coefficient (Wildman–Crippen LogP) is 4.14. The molecule has 9 heteroatoms. The highest BCUT2D eigenvalue weighted by atomic mass is 35.5. The second kappa shape index (κ2) is 7.89. The van der Waals surface area contributed by atoms with Crippen LogP contribution in [0.5, 0.6) is 0 Å². The van der Waals surface area contributed by atoms with Crippen LogP contribution in [0.15, 0.2) is 36.5 Å². The van der Waals surface area contributed by atoms with Crippen molar-refractivity contribution in [2.24, 2.45) is 11.1 Å². The van der Waals surface area contributed by atoms with Gasteiger partial charge in [0.25, 0.3) is 0 Å². The molecular formula is C23H21Cl2N7. The lowest BCUT2D eigenvalue weighted by Gasteiger charge is -2.42. The number of benzene rings is 1. The van der Waals surface area contributed by atoms with E-state index in [1.165, 1.54) is 0 Å². The number of nitrogen functional groups attached to an aromatic ring is 1. The summed E-state index contributed by atoms with van der Waals surface area (Å²) in [6.07, 6.45) is 4.49. The molecule has 162 valence electrons. The van der Waals surface area contributed by atoms with Gasteiger partial charge < -0.3 is 16.4 Å². The van der Waals surface area contributed by atoms with Crippen molar-refractivity contribution in [3.8, 4) is 17.2 Å². The van der Waals surface area contributed by atoms with E-state index in [-0.39, 0.29) is 23.0 Å². The predicted molar refractivity (Wildman–Crippen MR) is 125 cm³/mol. The standard InChI is InChI=1S/C23H21Cl2N7/c24-15-5-1-3-14(19(15)25)18-17(12-26)30-22(31-21(18)28)32-9-6-23(7-10-32)11-16-13(20(23)27)4-2-8-29-16/h1-5,8,20H,6-7,9-11,27H2,(H2,28,30,31)/t20-/m1/s1. The molecule has 5 rings (SSSR count). The molecule has 1 fully saturated rings. The Labute approximate surface area is 196 Å². The smallest absolute Gasteiger partial charge is 0.228 e. The minimum absolute atomic E-state index is 0.00889. The molecule has 7 nitrogen and oxygen atoms in total. The molecule has 32 heavy (non-hydrogen) atoms. The molecular weight excluding hydrogens is 445 g/mol. The fourth-order valence-corrected chi connectivity index (χ4v) is 5.34. The molecule has 1 spiro atoms. The third-order valence-corrected chi connectivity index (χ3v) is 7.55. The fraction of sp³-hybridized carbons (Fsp3) is 0.304. The Balaban J connectivity index is 1.42. The van der Waals surface area contributed by atoms with Crippen molar-refractivity contribution in [2.75, 3.05) is 23.7 Å². The van der Waals surface area contributed by atoms with Crippen LogP contribution in [0.4, 0.5) is 11.8 Å². The minimum atomic E-state index is -0.0265. The van der Waals surface area contributed by atoms with Crippen LogP contribution in [0.1, 0.15) is 35.8 Å². The highest BCUT2D eigenvalue weighted by Gasteiger charge is 2.46. The average Bonchev–Trinajstić information content (AvgIpc) is 3.07. The molecule has 0 amide bonds. The first-order valence-electron chi connectivity index (χ1n) is 10.4. The number of piperidine rings is 1. The Hall–Kier alpha value is -2.92. The molecule has 3 heterocycles. The van der Waals surface area contributed by atoms with Gasteiger partial charge in [0, 0.05) is 36.6 Å². The Kier molecular flexibility index (Phi) is 5.17. The number of nitrogens with zero attached hydrogens (tertiary/aromatic N) is 5. The zero-order valence-corrected chi connectivity index (χ0v) is 18.7. The first-order valence-corrected chi connectivity index (χ1v) is 11.2. The van der Waals surface area contributed by atoms with E-state index in [4.69, 9.17) is 34.7 Å². The van der Waals surface area contributed by atoms with E-state index in [1.807, 2.05) is 12.3 Å². The summed E-state index contributed by atoms with van der Waals surface area (Å²) < 4.78 is 0. The second-order valence-electron chi connectivity index (χ2n) is 8.39. The maximum Gasteiger partial charge on any atom is 0.228 e. The summed E-state index contributed by atoms with van der Waals surface area (Å²) in [4.78, 5) is 15.6. The summed E-state index contributed by atoms with van der Waals surface area (Å²) in [6, 6.07) is 11.3. The maximum atomic E-state index is 9.78. The van der Waals surface area contributed by atoms with Crippen molar-refractivity contribution in [1.82, 2.24) is 15.0 Å². The molecule has 0 unspecified atom stereocenters. The van der Waals surface area contributed by atoms with Crippen molar-refractivity contribution < 1.29 is 0 Å². The maximum absolute atomic E-state index is 9.78. The van der Waals surface area contributed by atoms with Crippen LogP contribution < -0.4 is 16.4 Å². The van der Waals surface area contributed by atoms with E-state index in [0.29, 0.717) is 27.1 Å². The Bertz CT molecular complexity index is 1250. The number of pyridine rings is 1. The van der Waals surface area contributed by atoms with Gasteiger partial charge in [0.1, 0.15) is 11.9 Å². The molecule has 1 aromatic carbocycles. The van der Waals surface area contributed by atoms with E-state index in [2.05, 4.69) is 32.0 Å². The third kappa shape index (κ3) is 3.27. The zero-order chi connectivity index (χ0) is 22.5. The molecule has 4 N–H and O–H groups in total. The van der Waals surface area contributed by atoms with E-state index in [0.717, 1.165) is 43.6 Å². The number of hydrogen-bond donors (Lipinski definition) is 2.